The van der Waals surface area contributed by atoms with E-state index >= 15 is 0 Å². The fourth-order valence-electron chi connectivity index (χ4n) is 1.65. The van der Waals surface area contributed by atoms with Crippen LogP contribution in [0.15, 0.2) is 5.11 Å². The van der Waals surface area contributed by atoms with E-state index in [1.54, 1.807) is 0 Å². The number of hydrogen-bond acceptors (Lipinski definition) is 2. The quantitative estimate of drug-likeness (QED) is 0.218. The second-order valence-corrected chi connectivity index (χ2v) is 5.73. The van der Waals surface area contributed by atoms with Crippen molar-refractivity contribution in [1.82, 2.24) is 0 Å². The van der Waals surface area contributed by atoms with E-state index in [4.69, 9.17) is 11.6 Å². The Kier molecular flexibility index (Phi) is 3.40. The van der Waals surface area contributed by atoms with E-state index < -0.39 is 5.00 Å². The molecule has 0 aromatic heterocycles. The molecule has 0 aromatic rings. The third-order valence-corrected chi connectivity index (χ3v) is 2.88. The van der Waals surface area contributed by atoms with E-state index in [0.29, 0.717) is 0 Å². The molecular formula is C10H19ClN2O. The van der Waals surface area contributed by atoms with Gasteiger partial charge in [-0.2, -0.15) is 0 Å². The lowest BCUT2D eigenvalue weighted by Crippen LogP contribution is -2.36. The maximum Gasteiger partial charge on any atom is 0.272 e. The van der Waals surface area contributed by atoms with Gasteiger partial charge in [-0.25, -0.2) is 0 Å². The predicted octanol–water partition coefficient (Wildman–Crippen LogP) is 3.65. The third-order valence-electron chi connectivity index (χ3n) is 2.35. The van der Waals surface area contributed by atoms with Crippen molar-refractivity contribution in [1.29, 1.82) is 0 Å². The van der Waals surface area contributed by atoms with Crippen molar-refractivity contribution < 1.29 is 4.86 Å². The Morgan fingerprint density at radius 1 is 1.21 bits per heavy atom. The summed E-state index contributed by atoms with van der Waals surface area (Å²) in [5.41, 5.74) is -0.346. The van der Waals surface area contributed by atoms with Crippen LogP contribution < -0.4 is 0 Å². The van der Waals surface area contributed by atoms with Gasteiger partial charge in [-0.05, 0) is 50.3 Å². The molecule has 0 amide bonds. The van der Waals surface area contributed by atoms with Crippen molar-refractivity contribution in [3.05, 3.63) is 5.21 Å². The molecule has 0 saturated heterocycles. The van der Waals surface area contributed by atoms with Gasteiger partial charge in [-0.1, -0.05) is 11.3 Å². The number of hydroxylamine groups is 1. The highest BCUT2D eigenvalue weighted by Gasteiger charge is 2.40. The average molecular weight is 219 g/mol. The van der Waals surface area contributed by atoms with Crippen molar-refractivity contribution in [2.45, 2.75) is 63.4 Å². The summed E-state index contributed by atoms with van der Waals surface area (Å²) in [6.07, 6.45) is 4.73. The number of halogens is 1. The molecule has 0 aliphatic heterocycles. The van der Waals surface area contributed by atoms with Crippen LogP contribution in [-0.2, 0) is 0 Å². The monoisotopic (exact) mass is 218 g/mol. The molecule has 1 aliphatic rings. The van der Waals surface area contributed by atoms with Crippen LogP contribution in [0.1, 0.15) is 52.9 Å². The summed E-state index contributed by atoms with van der Waals surface area (Å²) in [5, 5.41) is 15.8. The Hall–Kier alpha value is -0.310. The van der Waals surface area contributed by atoms with E-state index in [1.807, 2.05) is 20.8 Å². The zero-order chi connectivity index (χ0) is 10.8. The van der Waals surface area contributed by atoms with Crippen LogP contribution in [0.3, 0.4) is 0 Å². The molecule has 0 heterocycles. The van der Waals surface area contributed by atoms with Gasteiger partial charge in [0.1, 0.15) is 5.54 Å². The first-order valence-corrected chi connectivity index (χ1v) is 5.60. The normalized spacial score (nSPS) is 23.6. The molecule has 4 heteroatoms. The van der Waals surface area contributed by atoms with Crippen molar-refractivity contribution in [3.8, 4) is 0 Å². The lowest BCUT2D eigenvalue weighted by atomic mass is 9.95. The summed E-state index contributed by atoms with van der Waals surface area (Å²) in [7, 11) is 0. The smallest absolute Gasteiger partial charge is 0.272 e. The summed E-state index contributed by atoms with van der Waals surface area (Å²) >= 11 is 6.25. The van der Waals surface area contributed by atoms with Crippen molar-refractivity contribution >= 4 is 11.6 Å². The molecule has 0 aromatic carbocycles. The highest BCUT2D eigenvalue weighted by molar-refractivity contribution is 6.22. The molecule has 0 radical (unpaired) electrons. The second kappa shape index (κ2) is 4.05. The van der Waals surface area contributed by atoms with Crippen LogP contribution in [0.5, 0.6) is 0 Å². The molecule has 0 unspecified atom stereocenters. The lowest BCUT2D eigenvalue weighted by molar-refractivity contribution is -0.595. The Balaban J connectivity index is 2.75. The summed E-state index contributed by atoms with van der Waals surface area (Å²) in [6.45, 7) is 5.71. The van der Waals surface area contributed by atoms with Crippen molar-refractivity contribution in [2.24, 2.45) is 5.11 Å². The number of azo groups is 1. The van der Waals surface area contributed by atoms with E-state index in [9.17, 15) is 5.21 Å². The largest absolute Gasteiger partial charge is 0.598 e. The first kappa shape index (κ1) is 11.8. The highest BCUT2D eigenvalue weighted by Crippen LogP contribution is 2.35. The summed E-state index contributed by atoms with van der Waals surface area (Å²) in [6, 6.07) is 0. The molecule has 1 aliphatic carbocycles. The molecule has 0 spiro atoms. The molecule has 1 rings (SSSR count). The second-order valence-electron chi connectivity index (χ2n) is 5.02. The van der Waals surface area contributed by atoms with Gasteiger partial charge >= 0.3 is 0 Å². The number of nitrogens with zero attached hydrogens (tertiary/aromatic N) is 2. The van der Waals surface area contributed by atoms with Crippen LogP contribution in [0.25, 0.3) is 0 Å². The van der Waals surface area contributed by atoms with E-state index in [0.717, 1.165) is 30.5 Å². The van der Waals surface area contributed by atoms with Gasteiger partial charge in [0.25, 0.3) is 5.00 Å². The Morgan fingerprint density at radius 2 is 1.71 bits per heavy atom. The zero-order valence-electron chi connectivity index (χ0n) is 9.22. The third kappa shape index (κ3) is 3.12. The first-order valence-electron chi connectivity index (χ1n) is 5.23. The van der Waals surface area contributed by atoms with Crippen molar-refractivity contribution in [2.75, 3.05) is 0 Å². The fourth-order valence-corrected chi connectivity index (χ4v) is 1.95. The maximum absolute atomic E-state index is 11.8. The minimum absolute atomic E-state index is 0.346. The van der Waals surface area contributed by atoms with E-state index in [1.165, 1.54) is 6.42 Å². The van der Waals surface area contributed by atoms with Crippen LogP contribution in [0.4, 0.5) is 0 Å². The van der Waals surface area contributed by atoms with Gasteiger partial charge in [-0.3, -0.25) is 0 Å². The SMILES string of the molecule is CC(C)(C)N=[N+]([O-])C1(Cl)CCCCC1. The minimum Gasteiger partial charge on any atom is -0.598 e. The molecule has 82 valence electrons. The van der Waals surface area contributed by atoms with E-state index in [2.05, 4.69) is 5.11 Å². The van der Waals surface area contributed by atoms with Crippen LogP contribution in [-0.4, -0.2) is 15.4 Å². The number of rotatable bonds is 1. The molecule has 1 saturated carbocycles. The number of alkyl halides is 1. The zero-order valence-corrected chi connectivity index (χ0v) is 9.97. The standard InChI is InChI=1S/C10H19ClN2O/c1-9(2,3)12-13(14)10(11)7-5-4-6-8-10/h4-8H2,1-3H3. The van der Waals surface area contributed by atoms with Gasteiger partial charge in [0.2, 0.25) is 0 Å². The van der Waals surface area contributed by atoms with Crippen LogP contribution in [0, 0.1) is 5.21 Å². The van der Waals surface area contributed by atoms with Gasteiger partial charge in [0, 0.05) is 12.8 Å². The molecular weight excluding hydrogens is 200 g/mol. The van der Waals surface area contributed by atoms with Gasteiger partial charge in [0.15, 0.2) is 0 Å². The summed E-state index contributed by atoms with van der Waals surface area (Å²) in [5.74, 6) is 0. The van der Waals surface area contributed by atoms with Crippen LogP contribution in [0.2, 0.25) is 0 Å². The molecule has 3 nitrogen and oxygen atoms in total. The predicted molar refractivity (Wildman–Crippen MR) is 57.5 cm³/mol. The Labute approximate surface area is 90.7 Å². The Morgan fingerprint density at radius 3 is 2.14 bits per heavy atom. The fraction of sp³-hybridized carbons (Fsp3) is 1.00. The minimum atomic E-state index is -0.772. The van der Waals surface area contributed by atoms with Gasteiger partial charge < -0.3 is 5.21 Å². The Bertz CT molecular complexity index is 227. The average Bonchev–Trinajstić information content (AvgIpc) is 2.02. The van der Waals surface area contributed by atoms with Gasteiger partial charge in [0.05, 0.1) is 0 Å². The molecule has 1 fully saturated rings. The lowest BCUT2D eigenvalue weighted by Gasteiger charge is -2.28. The summed E-state index contributed by atoms with van der Waals surface area (Å²) in [4.78, 5) is -0.0424. The molecule has 0 bridgehead atoms. The summed E-state index contributed by atoms with van der Waals surface area (Å²) < 4.78 is 0. The molecule has 14 heavy (non-hydrogen) atoms. The first-order chi connectivity index (χ1) is 6.33. The van der Waals surface area contributed by atoms with Crippen molar-refractivity contribution in [3.63, 3.8) is 0 Å². The molecule has 0 atom stereocenters. The highest BCUT2D eigenvalue weighted by atomic mass is 35.5. The van der Waals surface area contributed by atoms with Gasteiger partial charge in [-0.15, -0.1) is 0 Å². The molecule has 0 N–H and O–H groups in total. The number of hydrogen-bond donors (Lipinski definition) is 0. The maximum atomic E-state index is 11.8. The van der Waals surface area contributed by atoms with E-state index in [-0.39, 0.29) is 5.54 Å². The topological polar surface area (TPSA) is 38.4 Å². The van der Waals surface area contributed by atoms with Crippen LogP contribution >= 0.6 is 11.6 Å².